The monoisotopic (exact) mass is 265 g/mol. The molecule has 0 unspecified atom stereocenters. The first-order valence-electron chi connectivity index (χ1n) is 5.50. The smallest absolute Gasteiger partial charge is 0.175 e. The van der Waals surface area contributed by atoms with E-state index in [9.17, 15) is 8.42 Å². The SMILES string of the molecule is CC.Cn1nc2cc(S(C)(=O)=O)ccc2c1C#N. The maximum Gasteiger partial charge on any atom is 0.175 e. The minimum Gasteiger partial charge on any atom is -0.257 e. The molecule has 2 rings (SSSR count). The van der Waals surface area contributed by atoms with E-state index >= 15 is 0 Å². The largest absolute Gasteiger partial charge is 0.257 e. The highest BCUT2D eigenvalue weighted by molar-refractivity contribution is 7.90. The third kappa shape index (κ3) is 2.51. The van der Waals surface area contributed by atoms with Crippen molar-refractivity contribution in [2.45, 2.75) is 18.7 Å². The molecular weight excluding hydrogens is 250 g/mol. The maximum absolute atomic E-state index is 11.3. The molecule has 0 radical (unpaired) electrons. The summed E-state index contributed by atoms with van der Waals surface area (Å²) < 4.78 is 24.1. The highest BCUT2D eigenvalue weighted by Crippen LogP contribution is 2.20. The summed E-state index contributed by atoms with van der Waals surface area (Å²) in [5.74, 6) is 0. The number of nitriles is 1. The molecule has 0 saturated carbocycles. The van der Waals surface area contributed by atoms with Crippen LogP contribution in [-0.2, 0) is 16.9 Å². The molecule has 18 heavy (non-hydrogen) atoms. The van der Waals surface area contributed by atoms with Crippen molar-refractivity contribution in [3.8, 4) is 6.07 Å². The van der Waals surface area contributed by atoms with Gasteiger partial charge in [0.15, 0.2) is 9.84 Å². The first kappa shape index (κ1) is 14.2. The lowest BCUT2D eigenvalue weighted by Gasteiger charge is -1.96. The van der Waals surface area contributed by atoms with Gasteiger partial charge in [-0.2, -0.15) is 10.4 Å². The van der Waals surface area contributed by atoms with E-state index < -0.39 is 9.84 Å². The molecule has 0 N–H and O–H groups in total. The lowest BCUT2D eigenvalue weighted by Crippen LogP contribution is -1.96. The van der Waals surface area contributed by atoms with Gasteiger partial charge >= 0.3 is 0 Å². The minimum atomic E-state index is -3.24. The molecule has 96 valence electrons. The highest BCUT2D eigenvalue weighted by atomic mass is 32.2. The Morgan fingerprint density at radius 2 is 1.94 bits per heavy atom. The first-order chi connectivity index (χ1) is 8.43. The molecule has 0 amide bonds. The van der Waals surface area contributed by atoms with Gasteiger partial charge in [0.25, 0.3) is 0 Å². The van der Waals surface area contributed by atoms with Crippen molar-refractivity contribution in [3.05, 3.63) is 23.9 Å². The lowest BCUT2D eigenvalue weighted by molar-refractivity contribution is 0.602. The third-order valence-corrected chi connectivity index (χ3v) is 3.45. The highest BCUT2D eigenvalue weighted by Gasteiger charge is 2.12. The number of rotatable bonds is 1. The van der Waals surface area contributed by atoms with Gasteiger partial charge in [-0.25, -0.2) is 8.42 Å². The van der Waals surface area contributed by atoms with Crippen LogP contribution in [0.1, 0.15) is 19.5 Å². The Labute approximate surface area is 107 Å². The molecule has 0 saturated heterocycles. The predicted molar refractivity (Wildman–Crippen MR) is 69.9 cm³/mol. The van der Waals surface area contributed by atoms with Crippen LogP contribution in [0.2, 0.25) is 0 Å². The van der Waals surface area contributed by atoms with Crippen LogP contribution >= 0.6 is 0 Å². The summed E-state index contributed by atoms with van der Waals surface area (Å²) in [4.78, 5) is 0.211. The molecule has 6 heteroatoms. The molecule has 0 fully saturated rings. The van der Waals surface area contributed by atoms with Crippen molar-refractivity contribution in [2.75, 3.05) is 6.26 Å². The zero-order valence-corrected chi connectivity index (χ0v) is 11.6. The number of aryl methyl sites for hydroxylation is 1. The van der Waals surface area contributed by atoms with E-state index in [1.165, 1.54) is 16.8 Å². The lowest BCUT2D eigenvalue weighted by atomic mass is 10.2. The summed E-state index contributed by atoms with van der Waals surface area (Å²) in [6.45, 7) is 4.00. The van der Waals surface area contributed by atoms with E-state index in [1.807, 2.05) is 19.9 Å². The number of hydrogen-bond acceptors (Lipinski definition) is 4. The van der Waals surface area contributed by atoms with Crippen LogP contribution in [-0.4, -0.2) is 24.5 Å². The standard InChI is InChI=1S/C10H9N3O2S.C2H6/c1-13-10(6-11)8-4-3-7(16(2,14)15)5-9(8)12-13;1-2/h3-5H,1-2H3;1-2H3. The van der Waals surface area contributed by atoms with Crippen molar-refractivity contribution >= 4 is 20.7 Å². The van der Waals surface area contributed by atoms with Gasteiger partial charge in [0.05, 0.1) is 10.4 Å². The van der Waals surface area contributed by atoms with Crippen LogP contribution in [0.25, 0.3) is 10.9 Å². The van der Waals surface area contributed by atoms with Gasteiger partial charge in [-0.05, 0) is 18.2 Å². The van der Waals surface area contributed by atoms with Gasteiger partial charge < -0.3 is 0 Å². The van der Waals surface area contributed by atoms with Crippen molar-refractivity contribution in [3.63, 3.8) is 0 Å². The molecular formula is C12H15N3O2S. The predicted octanol–water partition coefficient (Wildman–Crippen LogP) is 1.87. The van der Waals surface area contributed by atoms with Crippen LogP contribution in [0, 0.1) is 11.3 Å². The van der Waals surface area contributed by atoms with Crippen LogP contribution in [0.4, 0.5) is 0 Å². The van der Waals surface area contributed by atoms with Crippen molar-refractivity contribution in [2.24, 2.45) is 7.05 Å². The second-order valence-corrected chi connectivity index (χ2v) is 5.55. The van der Waals surface area contributed by atoms with E-state index in [4.69, 9.17) is 5.26 Å². The summed E-state index contributed by atoms with van der Waals surface area (Å²) in [6.07, 6.45) is 1.14. The van der Waals surface area contributed by atoms with Crippen molar-refractivity contribution in [1.29, 1.82) is 5.26 Å². The number of benzene rings is 1. The summed E-state index contributed by atoms with van der Waals surface area (Å²) >= 11 is 0. The Bertz CT molecular complexity index is 709. The quantitative estimate of drug-likeness (QED) is 0.788. The second-order valence-electron chi connectivity index (χ2n) is 3.54. The average Bonchev–Trinajstić information content (AvgIpc) is 2.64. The molecule has 1 heterocycles. The van der Waals surface area contributed by atoms with Crippen LogP contribution in [0.3, 0.4) is 0 Å². The topological polar surface area (TPSA) is 75.8 Å². The molecule has 0 spiro atoms. The third-order valence-electron chi connectivity index (χ3n) is 2.34. The number of aromatic nitrogens is 2. The van der Waals surface area contributed by atoms with Crippen LogP contribution < -0.4 is 0 Å². The Morgan fingerprint density at radius 1 is 1.33 bits per heavy atom. The molecule has 0 bridgehead atoms. The fourth-order valence-corrected chi connectivity index (χ4v) is 2.18. The van der Waals surface area contributed by atoms with Crippen molar-refractivity contribution < 1.29 is 8.42 Å². The van der Waals surface area contributed by atoms with E-state index in [0.717, 1.165) is 6.26 Å². The number of nitrogens with zero attached hydrogens (tertiary/aromatic N) is 3. The van der Waals surface area contributed by atoms with E-state index in [0.29, 0.717) is 16.6 Å². The molecule has 0 aliphatic rings. The van der Waals surface area contributed by atoms with Gasteiger partial charge in [0.1, 0.15) is 11.8 Å². The van der Waals surface area contributed by atoms with E-state index in [-0.39, 0.29) is 4.90 Å². The van der Waals surface area contributed by atoms with Crippen LogP contribution in [0.15, 0.2) is 23.1 Å². The number of fused-ring (bicyclic) bond motifs is 1. The summed E-state index contributed by atoms with van der Waals surface area (Å²) in [5, 5.41) is 13.7. The normalized spacial score (nSPS) is 10.6. The fraction of sp³-hybridized carbons (Fsp3) is 0.333. The van der Waals surface area contributed by atoms with Gasteiger partial charge in [-0.1, -0.05) is 13.8 Å². The Hall–Kier alpha value is -1.87. The van der Waals surface area contributed by atoms with Gasteiger partial charge in [-0.15, -0.1) is 0 Å². The maximum atomic E-state index is 11.3. The van der Waals surface area contributed by atoms with Gasteiger partial charge in [-0.3, -0.25) is 4.68 Å². The molecule has 1 aromatic heterocycles. The Balaban J connectivity index is 0.000000771. The molecule has 0 aliphatic heterocycles. The molecule has 5 nitrogen and oxygen atoms in total. The molecule has 0 aliphatic carbocycles. The van der Waals surface area contributed by atoms with E-state index in [1.54, 1.807) is 13.1 Å². The molecule has 2 aromatic rings. The number of hydrogen-bond donors (Lipinski definition) is 0. The average molecular weight is 265 g/mol. The van der Waals surface area contributed by atoms with Crippen LogP contribution in [0.5, 0.6) is 0 Å². The molecule has 0 atom stereocenters. The Morgan fingerprint density at radius 3 is 2.44 bits per heavy atom. The van der Waals surface area contributed by atoms with E-state index in [2.05, 4.69) is 5.10 Å². The zero-order chi connectivity index (χ0) is 13.9. The summed E-state index contributed by atoms with van der Waals surface area (Å²) in [6, 6.07) is 6.60. The second kappa shape index (κ2) is 5.19. The Kier molecular flexibility index (Phi) is 4.09. The summed E-state index contributed by atoms with van der Waals surface area (Å²) in [5.41, 5.74) is 0.942. The first-order valence-corrected chi connectivity index (χ1v) is 7.39. The summed E-state index contributed by atoms with van der Waals surface area (Å²) in [7, 11) is -1.59. The van der Waals surface area contributed by atoms with Gasteiger partial charge in [0, 0.05) is 18.7 Å². The van der Waals surface area contributed by atoms with Crippen molar-refractivity contribution in [1.82, 2.24) is 9.78 Å². The zero-order valence-electron chi connectivity index (χ0n) is 10.8. The fourth-order valence-electron chi connectivity index (χ4n) is 1.54. The van der Waals surface area contributed by atoms with Gasteiger partial charge in [0.2, 0.25) is 0 Å². The minimum absolute atomic E-state index is 0.211. The molecule has 1 aromatic carbocycles. The number of sulfone groups is 1.